The number of carbonyl (C=O) groups is 1. The molecule has 0 bridgehead atoms. The molecule has 0 saturated carbocycles. The van der Waals surface area contributed by atoms with Crippen molar-refractivity contribution in [3.63, 3.8) is 0 Å². The maximum Gasteiger partial charge on any atom is 0.341 e. The molecule has 116 valence electrons. The van der Waals surface area contributed by atoms with Gasteiger partial charge in [0.1, 0.15) is 11.3 Å². The van der Waals surface area contributed by atoms with Crippen molar-refractivity contribution in [2.75, 3.05) is 0 Å². The Kier molecular flexibility index (Phi) is 3.64. The van der Waals surface area contributed by atoms with E-state index in [1.54, 1.807) is 11.3 Å². The molecule has 0 saturated heterocycles. The SMILES string of the molecule is CCc1nc2c(s1)CC(C(C)C)n1cc(C(=O)O)c(=O)cc1-2. The summed E-state index contributed by atoms with van der Waals surface area (Å²) < 4.78 is 1.93. The quantitative estimate of drug-likeness (QED) is 0.944. The number of fused-ring (bicyclic) bond motifs is 3. The first-order valence-electron chi connectivity index (χ1n) is 7.40. The molecule has 1 aliphatic rings. The summed E-state index contributed by atoms with van der Waals surface area (Å²) in [5, 5.41) is 10.3. The topological polar surface area (TPSA) is 72.2 Å². The number of thiazole rings is 1. The van der Waals surface area contributed by atoms with Gasteiger partial charge in [-0.15, -0.1) is 11.3 Å². The van der Waals surface area contributed by atoms with E-state index in [2.05, 4.69) is 25.8 Å². The summed E-state index contributed by atoms with van der Waals surface area (Å²) in [5.74, 6) is -0.843. The molecule has 2 aromatic rings. The van der Waals surface area contributed by atoms with Gasteiger partial charge < -0.3 is 9.67 Å². The zero-order valence-electron chi connectivity index (χ0n) is 12.8. The van der Waals surface area contributed by atoms with Gasteiger partial charge in [0.05, 0.1) is 10.7 Å². The molecule has 0 fully saturated rings. The second-order valence-corrected chi connectivity index (χ2v) is 7.07. The molecule has 0 amide bonds. The Bertz CT molecular complexity index is 804. The summed E-state index contributed by atoms with van der Waals surface area (Å²) in [5.41, 5.74) is 0.947. The van der Waals surface area contributed by atoms with Gasteiger partial charge in [0.15, 0.2) is 5.43 Å². The van der Waals surface area contributed by atoms with Crippen molar-refractivity contribution < 1.29 is 9.90 Å². The molecule has 1 atom stereocenters. The molecule has 22 heavy (non-hydrogen) atoms. The third-order valence-corrected chi connectivity index (χ3v) is 5.34. The maximum atomic E-state index is 12.1. The first kappa shape index (κ1) is 15.0. The third kappa shape index (κ3) is 2.27. The van der Waals surface area contributed by atoms with Crippen molar-refractivity contribution in [3.05, 3.63) is 37.9 Å². The van der Waals surface area contributed by atoms with Crippen LogP contribution < -0.4 is 5.43 Å². The van der Waals surface area contributed by atoms with Crippen LogP contribution in [-0.2, 0) is 12.8 Å². The van der Waals surface area contributed by atoms with E-state index in [0.29, 0.717) is 5.92 Å². The second-order valence-electron chi connectivity index (χ2n) is 5.90. The fourth-order valence-electron chi connectivity index (χ4n) is 2.91. The highest BCUT2D eigenvalue weighted by Gasteiger charge is 2.30. The van der Waals surface area contributed by atoms with E-state index in [-0.39, 0.29) is 11.6 Å². The van der Waals surface area contributed by atoms with Gasteiger partial charge in [0, 0.05) is 29.6 Å². The van der Waals surface area contributed by atoms with Crippen LogP contribution in [0.15, 0.2) is 17.1 Å². The van der Waals surface area contributed by atoms with Crippen LogP contribution in [0.3, 0.4) is 0 Å². The number of pyridine rings is 1. The van der Waals surface area contributed by atoms with Crippen molar-refractivity contribution in [2.24, 2.45) is 5.92 Å². The molecule has 0 aromatic carbocycles. The van der Waals surface area contributed by atoms with Gasteiger partial charge in [-0.1, -0.05) is 20.8 Å². The number of aromatic carboxylic acids is 1. The van der Waals surface area contributed by atoms with E-state index in [0.717, 1.165) is 29.2 Å². The van der Waals surface area contributed by atoms with Gasteiger partial charge in [0.2, 0.25) is 0 Å². The van der Waals surface area contributed by atoms with Crippen molar-refractivity contribution >= 4 is 17.3 Å². The lowest BCUT2D eigenvalue weighted by atomic mass is 9.94. The molecule has 0 spiro atoms. The highest BCUT2D eigenvalue weighted by atomic mass is 32.1. The van der Waals surface area contributed by atoms with Gasteiger partial charge in [-0.3, -0.25) is 4.79 Å². The van der Waals surface area contributed by atoms with Crippen LogP contribution in [-0.4, -0.2) is 20.6 Å². The largest absolute Gasteiger partial charge is 0.477 e. The van der Waals surface area contributed by atoms with Crippen LogP contribution in [0.25, 0.3) is 11.4 Å². The molecule has 0 radical (unpaired) electrons. The summed E-state index contributed by atoms with van der Waals surface area (Å²) >= 11 is 1.69. The smallest absolute Gasteiger partial charge is 0.341 e. The molecule has 6 heteroatoms. The highest BCUT2D eigenvalue weighted by Crippen LogP contribution is 2.39. The van der Waals surface area contributed by atoms with E-state index < -0.39 is 11.4 Å². The zero-order chi connectivity index (χ0) is 16.0. The van der Waals surface area contributed by atoms with Gasteiger partial charge >= 0.3 is 5.97 Å². The van der Waals surface area contributed by atoms with E-state index >= 15 is 0 Å². The molecule has 1 N–H and O–H groups in total. The second kappa shape index (κ2) is 5.35. The summed E-state index contributed by atoms with van der Waals surface area (Å²) in [7, 11) is 0. The van der Waals surface area contributed by atoms with Crippen molar-refractivity contribution in [1.82, 2.24) is 9.55 Å². The fourth-order valence-corrected chi connectivity index (χ4v) is 3.98. The van der Waals surface area contributed by atoms with Gasteiger partial charge in [0.25, 0.3) is 0 Å². The molecule has 1 aliphatic heterocycles. The molecule has 1 unspecified atom stereocenters. The van der Waals surface area contributed by atoms with E-state index in [9.17, 15) is 14.7 Å². The monoisotopic (exact) mass is 318 g/mol. The Morgan fingerprint density at radius 3 is 2.86 bits per heavy atom. The Labute approximate surface area is 132 Å². The zero-order valence-corrected chi connectivity index (χ0v) is 13.6. The van der Waals surface area contributed by atoms with Crippen LogP contribution in [0.1, 0.15) is 47.1 Å². The first-order valence-corrected chi connectivity index (χ1v) is 8.22. The Balaban J connectivity index is 2.27. The molecule has 2 aromatic heterocycles. The van der Waals surface area contributed by atoms with Crippen LogP contribution in [0.5, 0.6) is 0 Å². The number of nitrogens with zero attached hydrogens (tertiary/aromatic N) is 2. The highest BCUT2D eigenvalue weighted by molar-refractivity contribution is 7.12. The van der Waals surface area contributed by atoms with Crippen LogP contribution in [0.4, 0.5) is 0 Å². The van der Waals surface area contributed by atoms with Gasteiger partial charge in [-0.2, -0.15) is 0 Å². The lowest BCUT2D eigenvalue weighted by molar-refractivity contribution is 0.0694. The van der Waals surface area contributed by atoms with E-state index in [1.165, 1.54) is 17.1 Å². The first-order chi connectivity index (χ1) is 10.4. The minimum atomic E-state index is -1.18. The molecule has 5 nitrogen and oxygen atoms in total. The Morgan fingerprint density at radius 1 is 1.55 bits per heavy atom. The number of carboxylic acid groups (broad SMARTS) is 1. The lowest BCUT2D eigenvalue weighted by Crippen LogP contribution is -2.27. The molecule has 3 rings (SSSR count). The number of hydrogen-bond donors (Lipinski definition) is 1. The Hall–Kier alpha value is -1.95. The average molecular weight is 318 g/mol. The summed E-state index contributed by atoms with van der Waals surface area (Å²) in [4.78, 5) is 29.2. The van der Waals surface area contributed by atoms with Gasteiger partial charge in [-0.25, -0.2) is 9.78 Å². The molecule has 3 heterocycles. The maximum absolute atomic E-state index is 12.1. The lowest BCUT2D eigenvalue weighted by Gasteiger charge is -2.30. The van der Waals surface area contributed by atoms with Crippen molar-refractivity contribution in [1.29, 1.82) is 0 Å². The van der Waals surface area contributed by atoms with Crippen LogP contribution >= 0.6 is 11.3 Å². The van der Waals surface area contributed by atoms with Crippen molar-refractivity contribution in [2.45, 2.75) is 39.7 Å². The third-order valence-electron chi connectivity index (χ3n) is 4.12. The summed E-state index contributed by atoms with van der Waals surface area (Å²) in [6.45, 7) is 6.28. The number of rotatable bonds is 3. The van der Waals surface area contributed by atoms with Crippen LogP contribution in [0, 0.1) is 5.92 Å². The number of carboxylic acids is 1. The minimum Gasteiger partial charge on any atom is -0.477 e. The predicted molar refractivity (Wildman–Crippen MR) is 85.7 cm³/mol. The summed E-state index contributed by atoms with van der Waals surface area (Å²) in [6, 6.07) is 1.57. The molecule has 0 aliphatic carbocycles. The normalized spacial score (nSPS) is 16.5. The number of aryl methyl sites for hydroxylation is 1. The average Bonchev–Trinajstić information content (AvgIpc) is 2.88. The van der Waals surface area contributed by atoms with Gasteiger partial charge in [-0.05, 0) is 12.3 Å². The fraction of sp³-hybridized carbons (Fsp3) is 0.438. The standard InChI is InChI=1S/C16H18N2O3S/c1-4-14-17-15-11-5-12(19)9(16(20)21)7-18(11)10(8(2)3)6-13(15)22-14/h5,7-8,10H,4,6H2,1-3H3,(H,20,21). The van der Waals surface area contributed by atoms with Crippen LogP contribution in [0.2, 0.25) is 0 Å². The number of hydrogen-bond acceptors (Lipinski definition) is 4. The Morgan fingerprint density at radius 2 is 2.27 bits per heavy atom. The summed E-state index contributed by atoms with van der Waals surface area (Å²) in [6.07, 6.45) is 3.18. The minimum absolute atomic E-state index is 0.145. The van der Waals surface area contributed by atoms with E-state index in [4.69, 9.17) is 0 Å². The molecular weight excluding hydrogens is 300 g/mol. The van der Waals surface area contributed by atoms with Crippen molar-refractivity contribution in [3.8, 4) is 11.4 Å². The molecular formula is C16H18N2O3S. The predicted octanol–water partition coefficient (Wildman–Crippen LogP) is 2.99. The number of aromatic nitrogens is 2. The van der Waals surface area contributed by atoms with E-state index in [1.807, 2.05) is 4.57 Å².